The molecule has 2 aromatic carbocycles. The minimum absolute atomic E-state index is 0.208. The molecule has 2 heterocycles. The molecular weight excluding hydrogens is 313 g/mol. The van der Waals surface area contributed by atoms with Crippen LogP contribution >= 0.6 is 0 Å². The van der Waals surface area contributed by atoms with E-state index in [1.54, 1.807) is 0 Å². The molecule has 2 aliphatic rings. The van der Waals surface area contributed by atoms with Crippen LogP contribution in [0.4, 0.5) is 4.39 Å². The van der Waals surface area contributed by atoms with E-state index >= 15 is 0 Å². The van der Waals surface area contributed by atoms with Crippen molar-refractivity contribution in [1.82, 2.24) is 15.1 Å². The summed E-state index contributed by atoms with van der Waals surface area (Å²) in [6, 6.07) is 15.7. The number of rotatable bonds is 2. The van der Waals surface area contributed by atoms with Crippen molar-refractivity contribution in [3.05, 3.63) is 76.7 Å². The summed E-state index contributed by atoms with van der Waals surface area (Å²) in [5.74, 6) is -0.208. The quantitative estimate of drug-likeness (QED) is 0.771. The number of hydrogen-bond acceptors (Lipinski definition) is 2. The molecule has 3 nitrogen and oxygen atoms in total. The van der Waals surface area contributed by atoms with Crippen molar-refractivity contribution in [3.8, 4) is 11.3 Å². The lowest BCUT2D eigenvalue weighted by atomic mass is 10.0. The van der Waals surface area contributed by atoms with Crippen LogP contribution in [0.2, 0.25) is 0 Å². The Morgan fingerprint density at radius 1 is 1.04 bits per heavy atom. The standard InChI is InChI=1S/C21H20FN3/c22-16-8-5-15(6-9-16)21-18-13-23-12-11-20(18)25(24-21)19-10-7-14-3-1-2-4-17(14)19/h1-6,8-9,19,23H,7,10-13H2/t19-/m0/s1. The van der Waals surface area contributed by atoms with E-state index in [2.05, 4.69) is 34.3 Å². The van der Waals surface area contributed by atoms with Crippen LogP contribution in [0.25, 0.3) is 11.3 Å². The fraction of sp³-hybridized carbons (Fsp3) is 0.286. The smallest absolute Gasteiger partial charge is 0.123 e. The minimum Gasteiger partial charge on any atom is -0.312 e. The molecule has 0 bridgehead atoms. The first kappa shape index (κ1) is 14.8. The van der Waals surface area contributed by atoms with Crippen LogP contribution in [0.15, 0.2) is 48.5 Å². The van der Waals surface area contributed by atoms with Gasteiger partial charge in [-0.1, -0.05) is 24.3 Å². The van der Waals surface area contributed by atoms with Gasteiger partial charge in [0.1, 0.15) is 5.82 Å². The number of halogens is 1. The van der Waals surface area contributed by atoms with Gasteiger partial charge in [-0.2, -0.15) is 5.10 Å². The lowest BCUT2D eigenvalue weighted by Gasteiger charge is -2.20. The summed E-state index contributed by atoms with van der Waals surface area (Å²) in [7, 11) is 0. The van der Waals surface area contributed by atoms with Gasteiger partial charge in [-0.25, -0.2) is 4.39 Å². The number of hydrogen-bond donors (Lipinski definition) is 1. The van der Waals surface area contributed by atoms with E-state index in [1.807, 2.05) is 12.1 Å². The van der Waals surface area contributed by atoms with Gasteiger partial charge in [0, 0.05) is 36.3 Å². The first-order valence-corrected chi connectivity index (χ1v) is 8.96. The highest BCUT2D eigenvalue weighted by molar-refractivity contribution is 5.64. The van der Waals surface area contributed by atoms with Crippen molar-refractivity contribution in [2.75, 3.05) is 6.54 Å². The molecule has 1 aliphatic carbocycles. The summed E-state index contributed by atoms with van der Waals surface area (Å²) < 4.78 is 15.6. The van der Waals surface area contributed by atoms with Crippen molar-refractivity contribution in [3.63, 3.8) is 0 Å². The van der Waals surface area contributed by atoms with Gasteiger partial charge >= 0.3 is 0 Å². The molecule has 0 saturated carbocycles. The Hall–Kier alpha value is -2.46. The normalized spacial score (nSPS) is 18.8. The molecule has 0 spiro atoms. The van der Waals surface area contributed by atoms with Gasteiger partial charge < -0.3 is 5.32 Å². The van der Waals surface area contributed by atoms with Crippen molar-refractivity contribution in [2.45, 2.75) is 31.8 Å². The van der Waals surface area contributed by atoms with Gasteiger partial charge in [0.2, 0.25) is 0 Å². The van der Waals surface area contributed by atoms with Crippen LogP contribution in [0.3, 0.4) is 0 Å². The van der Waals surface area contributed by atoms with Gasteiger partial charge in [-0.15, -0.1) is 0 Å². The van der Waals surface area contributed by atoms with Gasteiger partial charge in [-0.05, 0) is 48.2 Å². The lowest BCUT2D eigenvalue weighted by molar-refractivity contribution is 0.486. The van der Waals surface area contributed by atoms with Crippen LogP contribution in [0.5, 0.6) is 0 Å². The SMILES string of the molecule is Fc1ccc(-c2nn([C@H]3CCc4ccccc43)c3c2CNCC3)cc1. The van der Waals surface area contributed by atoms with E-state index in [1.165, 1.54) is 34.5 Å². The van der Waals surface area contributed by atoms with Crippen molar-refractivity contribution in [2.24, 2.45) is 0 Å². The fourth-order valence-corrected chi connectivity index (χ4v) is 4.26. The molecule has 0 fully saturated rings. The van der Waals surface area contributed by atoms with Gasteiger partial charge in [-0.3, -0.25) is 4.68 Å². The molecule has 0 saturated heterocycles. The van der Waals surface area contributed by atoms with Gasteiger partial charge in [0.15, 0.2) is 0 Å². The minimum atomic E-state index is -0.208. The molecule has 0 amide bonds. The van der Waals surface area contributed by atoms with Crippen LogP contribution in [0, 0.1) is 5.82 Å². The lowest BCUT2D eigenvalue weighted by Crippen LogP contribution is -2.26. The Morgan fingerprint density at radius 3 is 2.76 bits per heavy atom. The summed E-state index contributed by atoms with van der Waals surface area (Å²) in [4.78, 5) is 0. The zero-order chi connectivity index (χ0) is 16.8. The highest BCUT2D eigenvalue weighted by Crippen LogP contribution is 2.38. The molecule has 1 aromatic heterocycles. The van der Waals surface area contributed by atoms with Gasteiger partial charge in [0.25, 0.3) is 0 Å². The Morgan fingerprint density at radius 2 is 1.88 bits per heavy atom. The average molecular weight is 333 g/mol. The van der Waals surface area contributed by atoms with Crippen LogP contribution in [0.1, 0.15) is 34.8 Å². The number of aryl methyl sites for hydroxylation is 1. The number of fused-ring (bicyclic) bond motifs is 2. The molecule has 3 aromatic rings. The van der Waals surface area contributed by atoms with E-state index in [4.69, 9.17) is 5.10 Å². The van der Waals surface area contributed by atoms with E-state index in [0.29, 0.717) is 6.04 Å². The zero-order valence-electron chi connectivity index (χ0n) is 14.0. The third-order valence-corrected chi connectivity index (χ3v) is 5.47. The molecule has 5 rings (SSSR count). The summed E-state index contributed by atoms with van der Waals surface area (Å²) in [6.45, 7) is 1.81. The fourth-order valence-electron chi connectivity index (χ4n) is 4.26. The summed E-state index contributed by atoms with van der Waals surface area (Å²) >= 11 is 0. The Kier molecular flexibility index (Phi) is 3.45. The highest BCUT2D eigenvalue weighted by atomic mass is 19.1. The van der Waals surface area contributed by atoms with Crippen LogP contribution in [-0.2, 0) is 19.4 Å². The predicted octanol–water partition coefficient (Wildman–Crippen LogP) is 3.87. The molecule has 1 atom stereocenters. The third kappa shape index (κ3) is 2.40. The molecule has 25 heavy (non-hydrogen) atoms. The predicted molar refractivity (Wildman–Crippen MR) is 95.9 cm³/mol. The summed E-state index contributed by atoms with van der Waals surface area (Å²) in [5, 5.41) is 8.48. The Labute approximate surface area is 146 Å². The third-order valence-electron chi connectivity index (χ3n) is 5.47. The van der Waals surface area contributed by atoms with Crippen molar-refractivity contribution < 1.29 is 4.39 Å². The van der Waals surface area contributed by atoms with Crippen LogP contribution in [-0.4, -0.2) is 16.3 Å². The zero-order valence-corrected chi connectivity index (χ0v) is 14.0. The number of aromatic nitrogens is 2. The monoisotopic (exact) mass is 333 g/mol. The van der Waals surface area contributed by atoms with Crippen LogP contribution < -0.4 is 5.32 Å². The Balaban J connectivity index is 1.65. The molecular formula is C21H20FN3. The number of nitrogens with zero attached hydrogens (tertiary/aromatic N) is 2. The molecule has 1 aliphatic heterocycles. The largest absolute Gasteiger partial charge is 0.312 e. The second-order valence-corrected chi connectivity index (χ2v) is 6.91. The maximum absolute atomic E-state index is 13.3. The second-order valence-electron chi connectivity index (χ2n) is 6.91. The molecule has 0 unspecified atom stereocenters. The molecule has 0 radical (unpaired) electrons. The van der Waals surface area contributed by atoms with E-state index in [-0.39, 0.29) is 5.82 Å². The molecule has 126 valence electrons. The average Bonchev–Trinajstić information content (AvgIpc) is 3.24. The van der Waals surface area contributed by atoms with Crippen molar-refractivity contribution in [1.29, 1.82) is 0 Å². The maximum Gasteiger partial charge on any atom is 0.123 e. The number of nitrogens with one attached hydrogen (secondary N) is 1. The van der Waals surface area contributed by atoms with E-state index in [9.17, 15) is 4.39 Å². The summed E-state index contributed by atoms with van der Waals surface area (Å²) in [5.41, 5.74) is 7.42. The maximum atomic E-state index is 13.3. The highest BCUT2D eigenvalue weighted by Gasteiger charge is 2.30. The molecule has 1 N–H and O–H groups in total. The number of benzene rings is 2. The Bertz CT molecular complexity index is 927. The topological polar surface area (TPSA) is 29.9 Å². The second kappa shape index (κ2) is 5.81. The van der Waals surface area contributed by atoms with E-state index in [0.717, 1.165) is 43.6 Å². The molecule has 4 heteroatoms. The first-order valence-electron chi connectivity index (χ1n) is 8.96. The van der Waals surface area contributed by atoms with E-state index < -0.39 is 0 Å². The van der Waals surface area contributed by atoms with Gasteiger partial charge in [0.05, 0.1) is 11.7 Å². The summed E-state index contributed by atoms with van der Waals surface area (Å²) in [6.07, 6.45) is 3.20. The first-order chi connectivity index (χ1) is 12.3. The van der Waals surface area contributed by atoms with Crippen molar-refractivity contribution >= 4 is 0 Å².